The van der Waals surface area contributed by atoms with Gasteiger partial charge in [0.25, 0.3) is 0 Å². The Hall–Kier alpha value is -6.90. The molecular weight excluding hydrogens is 759 g/mol. The van der Waals surface area contributed by atoms with E-state index in [1.807, 2.05) is 48.5 Å². The fourth-order valence-electron chi connectivity index (χ4n) is 8.25. The Morgan fingerprint density at radius 1 is 0.898 bits per heavy atom. The predicted octanol–water partition coefficient (Wildman–Crippen LogP) is 5.77. The van der Waals surface area contributed by atoms with Crippen LogP contribution in [-0.4, -0.2) is 78.3 Å². The van der Waals surface area contributed by atoms with Crippen LogP contribution in [0.25, 0.3) is 33.4 Å². The van der Waals surface area contributed by atoms with Gasteiger partial charge < -0.3 is 44.6 Å². The number of anilines is 1. The highest BCUT2D eigenvalue weighted by Crippen LogP contribution is 2.49. The number of phenols is 1. The van der Waals surface area contributed by atoms with Gasteiger partial charge in [0.2, 0.25) is 5.91 Å². The quantitative estimate of drug-likeness (QED) is 0.0645. The summed E-state index contributed by atoms with van der Waals surface area (Å²) in [7, 11) is 1.62. The summed E-state index contributed by atoms with van der Waals surface area (Å²) in [5.74, 6) is -0.955. The minimum Gasteiger partial charge on any atom is -0.508 e. The number of aliphatic hydroxyl groups is 1. The molecule has 0 spiro atoms. The minimum absolute atomic E-state index is 0.00170. The molecule has 302 valence electrons. The van der Waals surface area contributed by atoms with Crippen molar-refractivity contribution in [3.8, 4) is 39.7 Å². The normalized spacial score (nSPS) is 19.3. The first-order valence-corrected chi connectivity index (χ1v) is 19.2. The molecule has 0 bridgehead atoms. The Morgan fingerprint density at radius 2 is 1.73 bits per heavy atom. The number of amides is 2. The van der Waals surface area contributed by atoms with Crippen molar-refractivity contribution in [3.05, 3.63) is 130 Å². The minimum atomic E-state index is -1.27. The highest BCUT2D eigenvalue weighted by atomic mass is 16.5. The molecule has 6 N–H and O–H groups in total. The third-order valence-corrected chi connectivity index (χ3v) is 11.0. The molecule has 0 radical (unpaired) electrons. The molecule has 2 aliphatic heterocycles. The fraction of sp³-hybridized carbons (Fsp3) is 0.244. The second-order valence-electron chi connectivity index (χ2n) is 14.6. The summed E-state index contributed by atoms with van der Waals surface area (Å²) in [6.45, 7) is 0.372. The van der Waals surface area contributed by atoms with Gasteiger partial charge in [0.05, 0.1) is 25.1 Å². The number of carboxylic acids is 1. The molecule has 8 rings (SSSR count). The van der Waals surface area contributed by atoms with Crippen LogP contribution >= 0.6 is 0 Å². The molecular formula is C45H41N3O11. The van der Waals surface area contributed by atoms with Crippen LogP contribution in [0.4, 0.5) is 10.5 Å². The molecule has 4 aromatic rings. The van der Waals surface area contributed by atoms with E-state index in [1.54, 1.807) is 19.2 Å². The Bertz CT molecular complexity index is 2590. The SMILES string of the molecule is COc1cccc(CCN[C@@H]2CC(C(=O)NCCOC(=O)Nc3ccc(-c4c5ccc(=O)cc-5oc5cc(O)ccc45)c(C(=O)O)c3)[C@@H]3c4ccccc4O[C@@H]3[C@H]2O)c1. The van der Waals surface area contributed by atoms with E-state index >= 15 is 0 Å². The number of carbonyl (C=O) groups is 3. The summed E-state index contributed by atoms with van der Waals surface area (Å²) in [6.07, 6.45) is -1.34. The highest BCUT2D eigenvalue weighted by Gasteiger charge is 2.52. The summed E-state index contributed by atoms with van der Waals surface area (Å²) >= 11 is 0. The van der Waals surface area contributed by atoms with Crippen molar-refractivity contribution in [2.24, 2.45) is 5.92 Å². The van der Waals surface area contributed by atoms with Crippen molar-refractivity contribution in [2.75, 3.05) is 32.1 Å². The van der Waals surface area contributed by atoms with Crippen LogP contribution in [0, 0.1) is 5.92 Å². The number of phenolic OH excluding ortho intramolecular Hbond substituents is 1. The number of para-hydroxylation sites is 1. The number of fused-ring (bicyclic) bond motifs is 5. The maximum absolute atomic E-state index is 13.8. The van der Waals surface area contributed by atoms with Crippen molar-refractivity contribution in [2.45, 2.75) is 37.0 Å². The van der Waals surface area contributed by atoms with E-state index in [0.717, 1.165) is 16.9 Å². The number of rotatable bonds is 12. The van der Waals surface area contributed by atoms with E-state index in [2.05, 4.69) is 16.0 Å². The zero-order valence-corrected chi connectivity index (χ0v) is 31.8. The molecule has 2 aliphatic carbocycles. The summed E-state index contributed by atoms with van der Waals surface area (Å²) in [6, 6.07) is 27.8. The summed E-state index contributed by atoms with van der Waals surface area (Å²) in [5, 5.41) is 41.2. The van der Waals surface area contributed by atoms with Crippen LogP contribution in [0.1, 0.15) is 33.8 Å². The third kappa shape index (κ3) is 8.00. The first kappa shape index (κ1) is 38.9. The van der Waals surface area contributed by atoms with Crippen LogP contribution in [-0.2, 0) is 16.0 Å². The molecule has 14 nitrogen and oxygen atoms in total. The highest BCUT2D eigenvalue weighted by molar-refractivity contribution is 6.08. The number of hydrogen-bond acceptors (Lipinski definition) is 11. The maximum Gasteiger partial charge on any atom is 0.411 e. The van der Waals surface area contributed by atoms with Crippen molar-refractivity contribution < 1.29 is 48.3 Å². The monoisotopic (exact) mass is 799 g/mol. The van der Waals surface area contributed by atoms with Gasteiger partial charge in [-0.15, -0.1) is 0 Å². The molecule has 59 heavy (non-hydrogen) atoms. The second-order valence-corrected chi connectivity index (χ2v) is 14.6. The molecule has 0 aromatic heterocycles. The van der Waals surface area contributed by atoms with E-state index in [1.165, 1.54) is 42.5 Å². The van der Waals surface area contributed by atoms with Crippen LogP contribution in [0.2, 0.25) is 0 Å². The Kier molecular flexibility index (Phi) is 10.9. The van der Waals surface area contributed by atoms with E-state index in [0.29, 0.717) is 41.6 Å². The molecule has 1 unspecified atom stereocenters. The first-order chi connectivity index (χ1) is 28.6. The van der Waals surface area contributed by atoms with E-state index in [-0.39, 0.29) is 64.3 Å². The van der Waals surface area contributed by atoms with Gasteiger partial charge in [0, 0.05) is 51.9 Å². The average Bonchev–Trinajstić information content (AvgIpc) is 3.62. The number of carbonyl (C=O) groups excluding carboxylic acids is 2. The topological polar surface area (TPSA) is 206 Å². The van der Waals surface area contributed by atoms with E-state index in [9.17, 15) is 34.5 Å². The summed E-state index contributed by atoms with van der Waals surface area (Å²) < 4.78 is 22.8. The van der Waals surface area contributed by atoms with Gasteiger partial charge in [-0.2, -0.15) is 0 Å². The Labute approximate surface area is 337 Å². The summed E-state index contributed by atoms with van der Waals surface area (Å²) in [4.78, 5) is 51.5. The molecule has 4 aliphatic rings. The van der Waals surface area contributed by atoms with Crippen LogP contribution in [0.3, 0.4) is 0 Å². The van der Waals surface area contributed by atoms with Crippen molar-refractivity contribution in [3.63, 3.8) is 0 Å². The lowest BCUT2D eigenvalue weighted by Gasteiger charge is -2.41. The number of carboxylic acid groups (broad SMARTS) is 1. The van der Waals surface area contributed by atoms with E-state index < -0.39 is 36.2 Å². The number of benzene rings is 5. The second kappa shape index (κ2) is 16.5. The molecule has 2 amide bonds. The molecule has 14 heteroatoms. The van der Waals surface area contributed by atoms with Gasteiger partial charge in [-0.3, -0.25) is 14.9 Å². The van der Waals surface area contributed by atoms with Crippen LogP contribution in [0.15, 0.2) is 112 Å². The zero-order chi connectivity index (χ0) is 41.2. The molecule has 4 aromatic carbocycles. The van der Waals surface area contributed by atoms with E-state index in [4.69, 9.17) is 18.6 Å². The summed E-state index contributed by atoms with van der Waals surface area (Å²) in [5.41, 5.74) is 3.08. The molecule has 5 atom stereocenters. The maximum atomic E-state index is 13.8. The lowest BCUT2D eigenvalue weighted by molar-refractivity contribution is -0.130. The molecule has 1 saturated carbocycles. The Morgan fingerprint density at radius 3 is 2.56 bits per heavy atom. The van der Waals surface area contributed by atoms with Gasteiger partial charge in [-0.05, 0) is 85.1 Å². The van der Waals surface area contributed by atoms with Gasteiger partial charge in [0.1, 0.15) is 47.4 Å². The number of aromatic carboxylic acids is 1. The largest absolute Gasteiger partial charge is 0.508 e. The average molecular weight is 800 g/mol. The van der Waals surface area contributed by atoms with Crippen molar-refractivity contribution >= 4 is 34.6 Å². The fourth-order valence-corrected chi connectivity index (χ4v) is 8.25. The van der Waals surface area contributed by atoms with Crippen LogP contribution < -0.4 is 30.9 Å². The predicted molar refractivity (Wildman–Crippen MR) is 217 cm³/mol. The molecule has 0 saturated heterocycles. The van der Waals surface area contributed by atoms with Gasteiger partial charge >= 0.3 is 12.1 Å². The smallest absolute Gasteiger partial charge is 0.411 e. The number of hydrogen-bond donors (Lipinski definition) is 6. The lowest BCUT2D eigenvalue weighted by Crippen LogP contribution is -2.58. The van der Waals surface area contributed by atoms with Crippen molar-refractivity contribution in [1.82, 2.24) is 10.6 Å². The third-order valence-electron chi connectivity index (χ3n) is 11.0. The molecule has 1 fully saturated rings. The van der Waals surface area contributed by atoms with Crippen molar-refractivity contribution in [1.29, 1.82) is 0 Å². The number of aromatic hydroxyl groups is 1. The van der Waals surface area contributed by atoms with Gasteiger partial charge in [-0.25, -0.2) is 9.59 Å². The molecule has 2 heterocycles. The Balaban J connectivity index is 0.920. The number of aliphatic hydroxyl groups excluding tert-OH is 1. The van der Waals surface area contributed by atoms with Gasteiger partial charge in [-0.1, -0.05) is 36.4 Å². The number of nitrogens with one attached hydrogen (secondary N) is 3. The van der Waals surface area contributed by atoms with Gasteiger partial charge in [0.15, 0.2) is 5.43 Å². The zero-order valence-electron chi connectivity index (χ0n) is 31.8. The number of ether oxygens (including phenoxy) is 3. The lowest BCUT2D eigenvalue weighted by atomic mass is 9.71. The standard InChI is InChI=1S/C45H41N3O11/c1-56-28-6-4-5-24(19-28)15-16-46-35-23-34(40-30-7-2-3-8-36(30)59-42(40)41(35)51)43(52)47-17-18-57-45(55)48-25-9-12-29(33(20-25)44(53)54)39-31-13-10-26(49)21-37(31)58-38-22-27(50)11-14-32(38)39/h2-14,19-22,34-35,40-42,46,49,51H,15-18,23H2,1H3,(H,47,52)(H,48,55)(H,53,54)/t34?,35-,40+,41+,42+/m1/s1. The van der Waals surface area contributed by atoms with Crippen LogP contribution in [0.5, 0.6) is 17.2 Å². The number of methoxy groups -OCH3 is 1. The first-order valence-electron chi connectivity index (χ1n) is 19.2.